The third kappa shape index (κ3) is 3.06. The number of aromatic nitrogens is 3. The normalized spacial score (nSPS) is 17.2. The SMILES string of the molecule is Cc1ccc(-c2nc3c(cc2F)N2CC[C@@H](C2)N3C(=O)Nc2ccccn2)cn1. The van der Waals surface area contributed by atoms with Crippen LogP contribution in [0, 0.1) is 12.7 Å². The standard InChI is InChI=1S/C21H19FN6O/c1-13-5-6-14(11-24-13)19-16(22)10-17-20(26-19)28(15-7-9-27(17)12-15)21(29)25-18-4-2-3-8-23-18/h2-6,8,10-11,15H,7,9,12H2,1H3,(H,23,25,29)/t15-/m0/s1. The van der Waals surface area contributed by atoms with E-state index >= 15 is 0 Å². The number of hydrogen-bond acceptors (Lipinski definition) is 5. The van der Waals surface area contributed by atoms with Crippen LogP contribution in [0.1, 0.15) is 12.1 Å². The molecule has 0 unspecified atom stereocenters. The van der Waals surface area contributed by atoms with Gasteiger partial charge in [0.25, 0.3) is 0 Å². The minimum Gasteiger partial charge on any atom is -0.366 e. The van der Waals surface area contributed by atoms with Crippen LogP contribution in [0.3, 0.4) is 0 Å². The van der Waals surface area contributed by atoms with Gasteiger partial charge in [-0.2, -0.15) is 0 Å². The van der Waals surface area contributed by atoms with Crippen molar-refractivity contribution >= 4 is 23.4 Å². The molecular weight excluding hydrogens is 371 g/mol. The van der Waals surface area contributed by atoms with E-state index in [0.29, 0.717) is 29.4 Å². The van der Waals surface area contributed by atoms with E-state index in [1.807, 2.05) is 13.0 Å². The molecule has 1 fully saturated rings. The Kier molecular flexibility index (Phi) is 4.12. The van der Waals surface area contributed by atoms with Crippen molar-refractivity contribution in [2.24, 2.45) is 0 Å². The van der Waals surface area contributed by atoms with Crippen molar-refractivity contribution in [1.82, 2.24) is 15.0 Å². The lowest BCUT2D eigenvalue weighted by atomic mass is 10.1. The van der Waals surface area contributed by atoms with Crippen LogP contribution in [0.25, 0.3) is 11.3 Å². The van der Waals surface area contributed by atoms with Gasteiger partial charge in [0.1, 0.15) is 11.5 Å². The summed E-state index contributed by atoms with van der Waals surface area (Å²) in [5, 5.41) is 2.83. The van der Waals surface area contributed by atoms with E-state index in [1.165, 1.54) is 6.07 Å². The number of fused-ring (bicyclic) bond motifs is 4. The van der Waals surface area contributed by atoms with Crippen molar-refractivity contribution in [3.8, 4) is 11.3 Å². The summed E-state index contributed by atoms with van der Waals surface area (Å²) in [5.74, 6) is 0.499. The van der Waals surface area contributed by atoms with Crippen LogP contribution in [0.4, 0.5) is 26.5 Å². The summed E-state index contributed by atoms with van der Waals surface area (Å²) >= 11 is 0. The van der Waals surface area contributed by atoms with Crippen molar-refractivity contribution in [2.75, 3.05) is 28.2 Å². The Bertz CT molecular complexity index is 1070. The van der Waals surface area contributed by atoms with Crippen LogP contribution in [-0.4, -0.2) is 40.1 Å². The highest BCUT2D eigenvalue weighted by Gasteiger charge is 2.41. The van der Waals surface area contributed by atoms with Crippen LogP contribution >= 0.6 is 0 Å². The summed E-state index contributed by atoms with van der Waals surface area (Å²) in [4.78, 5) is 29.8. The van der Waals surface area contributed by atoms with Crippen molar-refractivity contribution in [1.29, 1.82) is 0 Å². The fourth-order valence-corrected chi connectivity index (χ4v) is 3.90. The third-order valence-electron chi connectivity index (χ3n) is 5.34. The van der Waals surface area contributed by atoms with Crippen LogP contribution < -0.4 is 15.1 Å². The molecule has 2 bridgehead atoms. The maximum atomic E-state index is 14.9. The second-order valence-corrected chi connectivity index (χ2v) is 7.25. The molecule has 0 aromatic carbocycles. The van der Waals surface area contributed by atoms with Crippen LogP contribution in [-0.2, 0) is 0 Å². The molecule has 7 nitrogen and oxygen atoms in total. The number of anilines is 3. The molecule has 5 heterocycles. The number of carbonyl (C=O) groups excluding carboxylic acids is 1. The van der Waals surface area contributed by atoms with Gasteiger partial charge in [-0.1, -0.05) is 6.07 Å². The smallest absolute Gasteiger partial charge is 0.329 e. The van der Waals surface area contributed by atoms with E-state index < -0.39 is 5.82 Å². The molecule has 1 atom stereocenters. The van der Waals surface area contributed by atoms with Gasteiger partial charge >= 0.3 is 6.03 Å². The number of nitrogens with zero attached hydrogens (tertiary/aromatic N) is 5. The Morgan fingerprint density at radius 3 is 2.90 bits per heavy atom. The van der Waals surface area contributed by atoms with Gasteiger partial charge in [0.15, 0.2) is 11.6 Å². The molecule has 1 N–H and O–H groups in total. The first kappa shape index (κ1) is 17.5. The second kappa shape index (κ2) is 6.80. The molecule has 3 aromatic rings. The molecule has 29 heavy (non-hydrogen) atoms. The first-order valence-corrected chi connectivity index (χ1v) is 9.50. The number of pyridine rings is 3. The fourth-order valence-electron chi connectivity index (χ4n) is 3.90. The number of nitrogens with one attached hydrogen (secondary N) is 1. The first-order valence-electron chi connectivity index (χ1n) is 9.50. The summed E-state index contributed by atoms with van der Waals surface area (Å²) in [6.07, 6.45) is 4.02. The highest BCUT2D eigenvalue weighted by Crippen LogP contribution is 2.41. The highest BCUT2D eigenvalue weighted by atomic mass is 19.1. The summed E-state index contributed by atoms with van der Waals surface area (Å²) in [5.41, 5.74) is 2.24. The maximum Gasteiger partial charge on any atom is 0.329 e. The van der Waals surface area contributed by atoms with Gasteiger partial charge in [-0.15, -0.1) is 0 Å². The number of urea groups is 1. The Morgan fingerprint density at radius 1 is 1.24 bits per heavy atom. The van der Waals surface area contributed by atoms with Gasteiger partial charge in [-0.3, -0.25) is 15.2 Å². The zero-order valence-electron chi connectivity index (χ0n) is 15.8. The fraction of sp³-hybridized carbons (Fsp3) is 0.238. The number of hydrogen-bond donors (Lipinski definition) is 1. The highest BCUT2D eigenvalue weighted by molar-refractivity contribution is 6.04. The van der Waals surface area contributed by atoms with Gasteiger partial charge in [-0.05, 0) is 37.6 Å². The molecule has 0 saturated carbocycles. The maximum absolute atomic E-state index is 14.9. The van der Waals surface area contributed by atoms with Crippen molar-refractivity contribution in [3.05, 3.63) is 60.3 Å². The minimum atomic E-state index is -0.426. The Labute approximate surface area is 167 Å². The first-order chi connectivity index (χ1) is 14.1. The molecule has 2 amide bonds. The van der Waals surface area contributed by atoms with Gasteiger partial charge in [0.2, 0.25) is 0 Å². The van der Waals surface area contributed by atoms with Gasteiger partial charge < -0.3 is 4.90 Å². The minimum absolute atomic E-state index is 0.0202. The Balaban J connectivity index is 1.57. The average Bonchev–Trinajstić information content (AvgIpc) is 3.14. The Morgan fingerprint density at radius 2 is 2.14 bits per heavy atom. The van der Waals surface area contributed by atoms with Gasteiger partial charge in [0, 0.05) is 42.8 Å². The molecule has 8 heteroatoms. The predicted molar refractivity (Wildman–Crippen MR) is 109 cm³/mol. The van der Waals surface area contributed by atoms with Crippen molar-refractivity contribution in [3.63, 3.8) is 0 Å². The van der Waals surface area contributed by atoms with Gasteiger partial charge in [-0.25, -0.2) is 19.2 Å². The Hall–Kier alpha value is -3.55. The second-order valence-electron chi connectivity index (χ2n) is 7.25. The number of amides is 2. The molecule has 0 aliphatic carbocycles. The lowest BCUT2D eigenvalue weighted by Gasteiger charge is -2.35. The topological polar surface area (TPSA) is 74.2 Å². The summed E-state index contributed by atoms with van der Waals surface area (Å²) < 4.78 is 14.9. The molecule has 146 valence electrons. The predicted octanol–water partition coefficient (Wildman–Crippen LogP) is 3.62. The number of halogens is 1. The number of rotatable bonds is 2. The molecule has 1 saturated heterocycles. The molecule has 3 aromatic heterocycles. The van der Waals surface area contributed by atoms with E-state index in [4.69, 9.17) is 0 Å². The van der Waals surface area contributed by atoms with E-state index in [9.17, 15) is 9.18 Å². The molecule has 2 aliphatic heterocycles. The zero-order valence-corrected chi connectivity index (χ0v) is 15.8. The number of aryl methyl sites for hydroxylation is 1. The van der Waals surface area contributed by atoms with E-state index in [0.717, 1.165) is 18.7 Å². The van der Waals surface area contributed by atoms with Crippen LogP contribution in [0.15, 0.2) is 48.8 Å². The van der Waals surface area contributed by atoms with E-state index in [1.54, 1.807) is 41.6 Å². The zero-order chi connectivity index (χ0) is 20.0. The summed E-state index contributed by atoms with van der Waals surface area (Å²) in [6, 6.07) is 10.1. The largest absolute Gasteiger partial charge is 0.366 e. The van der Waals surface area contributed by atoms with Crippen LogP contribution in [0.5, 0.6) is 0 Å². The molecule has 0 radical (unpaired) electrons. The third-order valence-corrected chi connectivity index (χ3v) is 5.34. The lowest BCUT2D eigenvalue weighted by Crippen LogP contribution is -2.48. The summed E-state index contributed by atoms with van der Waals surface area (Å²) in [7, 11) is 0. The van der Waals surface area contributed by atoms with Gasteiger partial charge in [0.05, 0.1) is 11.7 Å². The quantitative estimate of drug-likeness (QED) is 0.724. The van der Waals surface area contributed by atoms with Crippen molar-refractivity contribution in [2.45, 2.75) is 19.4 Å². The summed E-state index contributed by atoms with van der Waals surface area (Å²) in [6.45, 7) is 3.29. The molecule has 2 aliphatic rings. The molecule has 5 rings (SSSR count). The lowest BCUT2D eigenvalue weighted by molar-refractivity contribution is 0.254. The molecule has 0 spiro atoms. The number of carbonyl (C=O) groups is 1. The monoisotopic (exact) mass is 390 g/mol. The van der Waals surface area contributed by atoms with E-state index in [2.05, 4.69) is 25.2 Å². The molecular formula is C21H19FN6O. The van der Waals surface area contributed by atoms with Crippen molar-refractivity contribution < 1.29 is 9.18 Å². The van der Waals surface area contributed by atoms with Crippen LogP contribution in [0.2, 0.25) is 0 Å². The van der Waals surface area contributed by atoms with E-state index in [-0.39, 0.29) is 17.8 Å². The average molecular weight is 390 g/mol.